The molecule has 0 unspecified atom stereocenters. The fourth-order valence-electron chi connectivity index (χ4n) is 1.53. The monoisotopic (exact) mass is 300 g/mol. The minimum Gasteiger partial charge on any atom is -0.476 e. The van der Waals surface area contributed by atoms with E-state index in [9.17, 15) is 17.6 Å². The van der Waals surface area contributed by atoms with E-state index in [1.165, 1.54) is 0 Å². The van der Waals surface area contributed by atoms with Crippen molar-refractivity contribution in [3.63, 3.8) is 0 Å². The minimum absolute atomic E-state index is 0.146. The number of nitrogens with zero attached hydrogens (tertiary/aromatic N) is 2. The molecule has 0 aliphatic carbocycles. The Kier molecular flexibility index (Phi) is 3.19. The van der Waals surface area contributed by atoms with E-state index in [0.717, 1.165) is 23.0 Å². The van der Waals surface area contributed by atoms with Crippen molar-refractivity contribution in [3.8, 4) is 5.69 Å². The van der Waals surface area contributed by atoms with E-state index >= 15 is 0 Å². The molecule has 5 N–H and O–H groups in total. The summed E-state index contributed by atoms with van der Waals surface area (Å²) in [7, 11) is -4.03. The number of carboxylic acid groups (broad SMARTS) is 1. The number of sulfonamides is 1. The van der Waals surface area contributed by atoms with Crippen LogP contribution in [0.3, 0.4) is 0 Å². The van der Waals surface area contributed by atoms with Gasteiger partial charge in [0.25, 0.3) is 0 Å². The summed E-state index contributed by atoms with van der Waals surface area (Å²) in [6.07, 6.45) is 1.11. The second-order valence-corrected chi connectivity index (χ2v) is 5.40. The van der Waals surface area contributed by atoms with Crippen LogP contribution in [0.15, 0.2) is 29.3 Å². The summed E-state index contributed by atoms with van der Waals surface area (Å²) < 4.78 is 36.9. The van der Waals surface area contributed by atoms with Gasteiger partial charge in [-0.3, -0.25) is 0 Å². The molecule has 1 aromatic heterocycles. The highest BCUT2D eigenvalue weighted by molar-refractivity contribution is 7.89. The van der Waals surface area contributed by atoms with E-state index in [-0.39, 0.29) is 11.4 Å². The zero-order chi connectivity index (χ0) is 15.1. The molecule has 2 rings (SSSR count). The molecule has 0 saturated carbocycles. The van der Waals surface area contributed by atoms with Crippen molar-refractivity contribution in [3.05, 3.63) is 35.9 Å². The summed E-state index contributed by atoms with van der Waals surface area (Å²) in [5.74, 6) is -2.29. The number of nitrogen functional groups attached to an aromatic ring is 1. The predicted octanol–water partition coefficient (Wildman–Crippen LogP) is -0.0608. The molecular formula is C10H9FN4O4S. The van der Waals surface area contributed by atoms with Crippen molar-refractivity contribution in [1.82, 2.24) is 9.78 Å². The molecule has 0 atom stereocenters. The van der Waals surface area contributed by atoms with Crippen LogP contribution in [-0.2, 0) is 10.0 Å². The van der Waals surface area contributed by atoms with Crippen molar-refractivity contribution in [1.29, 1.82) is 0 Å². The minimum atomic E-state index is -4.03. The van der Waals surface area contributed by atoms with Crippen LogP contribution < -0.4 is 10.9 Å². The van der Waals surface area contributed by atoms with Crippen LogP contribution in [0.25, 0.3) is 5.69 Å². The van der Waals surface area contributed by atoms with Gasteiger partial charge in [-0.2, -0.15) is 5.10 Å². The molecule has 0 amide bonds. The smallest absolute Gasteiger partial charge is 0.358 e. The Hall–Kier alpha value is -2.46. The van der Waals surface area contributed by atoms with E-state index < -0.39 is 32.4 Å². The molecule has 0 radical (unpaired) electrons. The molecule has 1 heterocycles. The molecule has 0 bridgehead atoms. The number of carboxylic acids is 1. The van der Waals surface area contributed by atoms with Crippen molar-refractivity contribution >= 4 is 21.7 Å². The number of carbonyl (C=O) groups is 1. The maximum absolute atomic E-state index is 13.8. The van der Waals surface area contributed by atoms with Crippen LogP contribution in [0.5, 0.6) is 0 Å². The third-order valence-electron chi connectivity index (χ3n) is 2.44. The van der Waals surface area contributed by atoms with E-state index in [1.54, 1.807) is 0 Å². The van der Waals surface area contributed by atoms with E-state index in [2.05, 4.69) is 5.10 Å². The number of primary sulfonamides is 1. The van der Waals surface area contributed by atoms with Crippen molar-refractivity contribution < 1.29 is 22.7 Å². The fourth-order valence-corrected chi connectivity index (χ4v) is 2.05. The average Bonchev–Trinajstić information content (AvgIpc) is 2.69. The van der Waals surface area contributed by atoms with Crippen LogP contribution in [0.2, 0.25) is 0 Å². The maximum atomic E-state index is 13.8. The highest BCUT2D eigenvalue weighted by Gasteiger charge is 2.17. The van der Waals surface area contributed by atoms with E-state index in [1.807, 2.05) is 0 Å². The standard InChI is InChI=1S/C10H9FN4O4S/c11-6-3-5(20(13,18)19)1-2-8(6)15-4-7(12)9(14-15)10(16)17/h1-4H,12H2,(H,16,17)(H2,13,18,19). The maximum Gasteiger partial charge on any atom is 0.358 e. The topological polar surface area (TPSA) is 141 Å². The Morgan fingerprint density at radius 3 is 2.50 bits per heavy atom. The van der Waals surface area contributed by atoms with Gasteiger partial charge in [0.15, 0.2) is 5.69 Å². The SMILES string of the molecule is Nc1cn(-c2ccc(S(N)(=O)=O)cc2F)nc1C(=O)O. The van der Waals surface area contributed by atoms with Crippen LogP contribution >= 0.6 is 0 Å². The Balaban J connectivity index is 2.54. The average molecular weight is 300 g/mol. The number of anilines is 1. The summed E-state index contributed by atoms with van der Waals surface area (Å²) in [5.41, 5.74) is 4.69. The summed E-state index contributed by atoms with van der Waals surface area (Å²) in [6.45, 7) is 0. The first-order valence-electron chi connectivity index (χ1n) is 5.11. The van der Waals surface area contributed by atoms with Gasteiger partial charge in [0.05, 0.1) is 16.8 Å². The molecule has 2 aromatic rings. The molecule has 1 aromatic carbocycles. The zero-order valence-corrected chi connectivity index (χ0v) is 10.6. The summed E-state index contributed by atoms with van der Waals surface area (Å²) >= 11 is 0. The van der Waals surface area contributed by atoms with Crippen molar-refractivity contribution in [2.45, 2.75) is 4.90 Å². The lowest BCUT2D eigenvalue weighted by atomic mass is 10.3. The first kappa shape index (κ1) is 14.0. The first-order chi connectivity index (χ1) is 9.20. The van der Waals surface area contributed by atoms with Gasteiger partial charge in [0, 0.05) is 0 Å². The second-order valence-electron chi connectivity index (χ2n) is 3.84. The number of halogens is 1. The Morgan fingerprint density at radius 2 is 2.05 bits per heavy atom. The highest BCUT2D eigenvalue weighted by Crippen LogP contribution is 2.19. The second kappa shape index (κ2) is 4.58. The van der Waals surface area contributed by atoms with Gasteiger partial charge in [-0.25, -0.2) is 27.4 Å². The first-order valence-corrected chi connectivity index (χ1v) is 6.66. The molecule has 20 heavy (non-hydrogen) atoms. The van der Waals surface area contributed by atoms with Gasteiger partial charge in [-0.05, 0) is 18.2 Å². The van der Waals surface area contributed by atoms with Gasteiger partial charge >= 0.3 is 5.97 Å². The molecule has 0 spiro atoms. The van der Waals surface area contributed by atoms with Gasteiger partial charge in [0.1, 0.15) is 11.5 Å². The highest BCUT2D eigenvalue weighted by atomic mass is 32.2. The molecule has 10 heteroatoms. The van der Waals surface area contributed by atoms with E-state index in [0.29, 0.717) is 6.07 Å². The number of rotatable bonds is 3. The lowest BCUT2D eigenvalue weighted by molar-refractivity contribution is 0.0691. The van der Waals surface area contributed by atoms with Crippen molar-refractivity contribution in [2.75, 3.05) is 5.73 Å². The lowest BCUT2D eigenvalue weighted by Crippen LogP contribution is -2.13. The number of aromatic nitrogens is 2. The summed E-state index contributed by atoms with van der Waals surface area (Å²) in [6, 6.07) is 2.89. The van der Waals surface area contributed by atoms with Gasteiger partial charge in [-0.15, -0.1) is 0 Å². The summed E-state index contributed by atoms with van der Waals surface area (Å²) in [4.78, 5) is 10.4. The van der Waals surface area contributed by atoms with Gasteiger partial charge in [0.2, 0.25) is 10.0 Å². The third kappa shape index (κ3) is 2.46. The van der Waals surface area contributed by atoms with Crippen LogP contribution in [0.4, 0.5) is 10.1 Å². The molecule has 0 fully saturated rings. The summed E-state index contributed by atoms with van der Waals surface area (Å²) in [5, 5.41) is 17.3. The molecule has 106 valence electrons. The van der Waals surface area contributed by atoms with Crippen molar-refractivity contribution in [2.24, 2.45) is 5.14 Å². The van der Waals surface area contributed by atoms with Crippen LogP contribution in [-0.4, -0.2) is 29.3 Å². The quantitative estimate of drug-likeness (QED) is 0.725. The Labute approximate surface area is 112 Å². The Morgan fingerprint density at radius 1 is 1.40 bits per heavy atom. The molecule has 8 nitrogen and oxygen atoms in total. The number of aromatic carboxylic acids is 1. The Bertz CT molecular complexity index is 800. The van der Waals surface area contributed by atoms with Gasteiger partial charge < -0.3 is 10.8 Å². The number of nitrogens with two attached hydrogens (primary N) is 2. The van der Waals surface area contributed by atoms with Crippen LogP contribution in [0.1, 0.15) is 10.5 Å². The molecular weight excluding hydrogens is 291 g/mol. The third-order valence-corrected chi connectivity index (χ3v) is 3.35. The zero-order valence-electron chi connectivity index (χ0n) is 9.82. The number of hydrogen-bond donors (Lipinski definition) is 3. The number of hydrogen-bond acceptors (Lipinski definition) is 5. The molecule has 0 aliphatic heterocycles. The molecule has 0 saturated heterocycles. The van der Waals surface area contributed by atoms with E-state index in [4.69, 9.17) is 16.0 Å². The predicted molar refractivity (Wildman–Crippen MR) is 66.3 cm³/mol. The lowest BCUT2D eigenvalue weighted by Gasteiger charge is -2.04. The number of benzene rings is 1. The largest absolute Gasteiger partial charge is 0.476 e. The fraction of sp³-hybridized carbons (Fsp3) is 0. The van der Waals surface area contributed by atoms with Gasteiger partial charge in [-0.1, -0.05) is 0 Å². The normalized spacial score (nSPS) is 11.5. The molecule has 0 aliphatic rings. The van der Waals surface area contributed by atoms with Crippen LogP contribution in [0, 0.1) is 5.82 Å².